The molecule has 2 aromatic heterocycles. The van der Waals surface area contributed by atoms with Crippen LogP contribution in [0.1, 0.15) is 38.2 Å². The molecule has 0 aliphatic carbocycles. The number of rotatable bonds is 4. The summed E-state index contributed by atoms with van der Waals surface area (Å²) in [6, 6.07) is 3.28. The zero-order valence-electron chi connectivity index (χ0n) is 14.9. The molecule has 0 saturated carbocycles. The number of hydrogen-bond donors (Lipinski definition) is 0. The fourth-order valence-corrected chi connectivity index (χ4v) is 1.86. The van der Waals surface area contributed by atoms with Crippen molar-refractivity contribution in [2.24, 2.45) is 0 Å². The van der Waals surface area contributed by atoms with E-state index in [1.54, 1.807) is 46.9 Å². The van der Waals surface area contributed by atoms with E-state index in [1.165, 1.54) is 17.4 Å². The topological polar surface area (TPSA) is 94.8 Å². The quantitative estimate of drug-likeness (QED) is 0.783. The average molecular weight is 347 g/mol. The van der Waals surface area contributed by atoms with Gasteiger partial charge in [-0.3, -0.25) is 4.90 Å². The molecule has 2 aromatic rings. The van der Waals surface area contributed by atoms with Crippen molar-refractivity contribution in [2.45, 2.75) is 33.3 Å². The molecule has 2 heterocycles. The molecule has 0 fully saturated rings. The molecule has 0 N–H and O–H groups in total. The summed E-state index contributed by atoms with van der Waals surface area (Å²) in [5, 5.41) is 0. The number of carbonyl (C=O) groups is 2. The van der Waals surface area contributed by atoms with Gasteiger partial charge in [0.1, 0.15) is 17.7 Å². The lowest BCUT2D eigenvalue weighted by Gasteiger charge is -2.24. The number of carbonyl (C=O) groups excluding carboxylic acids is 2. The lowest BCUT2D eigenvalue weighted by Crippen LogP contribution is -2.34. The highest BCUT2D eigenvalue weighted by Crippen LogP contribution is 2.23. The highest BCUT2D eigenvalue weighted by molar-refractivity contribution is 5.88. The first-order valence-corrected chi connectivity index (χ1v) is 7.77. The van der Waals surface area contributed by atoms with E-state index in [0.29, 0.717) is 11.4 Å². The normalized spacial score (nSPS) is 11.1. The van der Waals surface area contributed by atoms with E-state index >= 15 is 0 Å². The molecule has 0 aliphatic rings. The maximum atomic E-state index is 12.1. The Morgan fingerprint density at radius 1 is 1.32 bits per heavy atom. The molecular weight excluding hydrogens is 326 g/mol. The summed E-state index contributed by atoms with van der Waals surface area (Å²) in [7, 11) is 1.56. The molecule has 0 aliphatic heterocycles. The van der Waals surface area contributed by atoms with Gasteiger partial charge >= 0.3 is 12.1 Å². The predicted molar refractivity (Wildman–Crippen MR) is 90.3 cm³/mol. The van der Waals surface area contributed by atoms with Crippen molar-refractivity contribution in [1.29, 1.82) is 0 Å². The molecule has 0 bridgehead atoms. The first-order chi connectivity index (χ1) is 11.7. The Bertz CT molecular complexity index is 764. The molecule has 2 rings (SSSR count). The first-order valence-electron chi connectivity index (χ1n) is 7.77. The van der Waals surface area contributed by atoms with Crippen molar-refractivity contribution in [3.63, 3.8) is 0 Å². The minimum absolute atomic E-state index is 0.0794. The third-order valence-corrected chi connectivity index (χ3v) is 2.99. The number of hydrogen-bond acceptors (Lipinski definition) is 7. The second kappa shape index (κ2) is 7.33. The van der Waals surface area contributed by atoms with Crippen molar-refractivity contribution in [3.05, 3.63) is 30.3 Å². The van der Waals surface area contributed by atoms with Gasteiger partial charge in [0, 0.05) is 18.8 Å². The van der Waals surface area contributed by atoms with E-state index in [4.69, 9.17) is 13.9 Å². The molecule has 0 saturated heterocycles. The third kappa shape index (κ3) is 4.79. The lowest BCUT2D eigenvalue weighted by molar-refractivity contribution is 0.0518. The Morgan fingerprint density at radius 2 is 2.04 bits per heavy atom. The van der Waals surface area contributed by atoms with Gasteiger partial charge in [-0.15, -0.1) is 0 Å². The standard InChI is InChI=1S/C17H21N3O5/c1-6-23-15(21)12-10-24-14(19-12)11-7-8-18-13(9-11)20(5)16(22)25-17(2,3)4/h7-10H,6H2,1-5H3. The molecule has 0 unspecified atom stereocenters. The Hall–Kier alpha value is -2.90. The van der Waals surface area contributed by atoms with Gasteiger partial charge < -0.3 is 13.9 Å². The number of oxazole rings is 1. The van der Waals surface area contributed by atoms with Crippen LogP contribution in [0.2, 0.25) is 0 Å². The van der Waals surface area contributed by atoms with Crippen LogP contribution in [-0.2, 0) is 9.47 Å². The maximum absolute atomic E-state index is 12.1. The van der Waals surface area contributed by atoms with E-state index < -0.39 is 17.7 Å². The second-order valence-corrected chi connectivity index (χ2v) is 6.20. The first kappa shape index (κ1) is 18.4. The number of anilines is 1. The van der Waals surface area contributed by atoms with Crippen molar-refractivity contribution in [3.8, 4) is 11.5 Å². The third-order valence-electron chi connectivity index (χ3n) is 2.99. The van der Waals surface area contributed by atoms with Gasteiger partial charge in [0.25, 0.3) is 0 Å². The van der Waals surface area contributed by atoms with Crippen molar-refractivity contribution in [2.75, 3.05) is 18.6 Å². The van der Waals surface area contributed by atoms with Gasteiger partial charge in [-0.25, -0.2) is 19.6 Å². The zero-order chi connectivity index (χ0) is 18.6. The Labute approximate surface area is 145 Å². The van der Waals surface area contributed by atoms with E-state index in [1.807, 2.05) is 0 Å². The summed E-state index contributed by atoms with van der Waals surface area (Å²) >= 11 is 0. The number of aromatic nitrogens is 2. The number of pyridine rings is 1. The van der Waals surface area contributed by atoms with Crippen LogP contribution >= 0.6 is 0 Å². The molecule has 25 heavy (non-hydrogen) atoms. The number of nitrogens with zero attached hydrogens (tertiary/aromatic N) is 3. The minimum Gasteiger partial charge on any atom is -0.461 e. The van der Waals surface area contributed by atoms with Crippen molar-refractivity contribution < 1.29 is 23.5 Å². The van der Waals surface area contributed by atoms with Crippen LogP contribution < -0.4 is 4.90 Å². The minimum atomic E-state index is -0.611. The summed E-state index contributed by atoms with van der Waals surface area (Å²) in [5.41, 5.74) is 0.0340. The van der Waals surface area contributed by atoms with Gasteiger partial charge in [0.2, 0.25) is 5.89 Å². The average Bonchev–Trinajstić information content (AvgIpc) is 3.03. The molecule has 8 nitrogen and oxygen atoms in total. The molecule has 8 heteroatoms. The van der Waals surface area contributed by atoms with Crippen LogP contribution in [0.3, 0.4) is 0 Å². The van der Waals surface area contributed by atoms with E-state index in [2.05, 4.69) is 9.97 Å². The molecule has 0 radical (unpaired) electrons. The molecule has 0 aromatic carbocycles. The van der Waals surface area contributed by atoms with Crippen LogP contribution in [0.15, 0.2) is 29.0 Å². The lowest BCUT2D eigenvalue weighted by atomic mass is 10.2. The summed E-state index contributed by atoms with van der Waals surface area (Å²) < 4.78 is 15.5. The van der Waals surface area contributed by atoms with Crippen LogP contribution in [0.5, 0.6) is 0 Å². The molecule has 0 atom stereocenters. The van der Waals surface area contributed by atoms with Crippen molar-refractivity contribution in [1.82, 2.24) is 9.97 Å². The second-order valence-electron chi connectivity index (χ2n) is 6.20. The van der Waals surface area contributed by atoms with Crippen LogP contribution in [0, 0.1) is 0 Å². The summed E-state index contributed by atoms with van der Waals surface area (Å²) in [6.07, 6.45) is 2.21. The molecule has 0 spiro atoms. The van der Waals surface area contributed by atoms with Crippen LogP contribution in [0.25, 0.3) is 11.5 Å². The summed E-state index contributed by atoms with van der Waals surface area (Å²) in [6.45, 7) is 7.31. The fourth-order valence-electron chi connectivity index (χ4n) is 1.86. The number of ether oxygens (including phenoxy) is 2. The fraction of sp³-hybridized carbons (Fsp3) is 0.412. The Balaban J connectivity index is 2.21. The van der Waals surface area contributed by atoms with Gasteiger partial charge in [0.15, 0.2) is 5.69 Å². The van der Waals surface area contributed by atoms with Crippen molar-refractivity contribution >= 4 is 17.9 Å². The highest BCUT2D eigenvalue weighted by Gasteiger charge is 2.22. The highest BCUT2D eigenvalue weighted by atomic mass is 16.6. The van der Waals surface area contributed by atoms with Gasteiger partial charge in [-0.1, -0.05) is 0 Å². The Morgan fingerprint density at radius 3 is 2.68 bits per heavy atom. The molecule has 134 valence electrons. The molecule has 1 amide bonds. The van der Waals surface area contributed by atoms with E-state index in [9.17, 15) is 9.59 Å². The Kier molecular flexibility index (Phi) is 5.41. The van der Waals surface area contributed by atoms with Crippen LogP contribution in [0.4, 0.5) is 10.6 Å². The smallest absolute Gasteiger partial charge is 0.415 e. The largest absolute Gasteiger partial charge is 0.461 e. The number of esters is 1. The summed E-state index contributed by atoms with van der Waals surface area (Å²) in [5.74, 6) is 0.0320. The predicted octanol–water partition coefficient (Wildman–Crippen LogP) is 3.28. The van der Waals surface area contributed by atoms with Crippen LogP contribution in [-0.4, -0.2) is 41.3 Å². The van der Waals surface area contributed by atoms with E-state index in [0.717, 1.165) is 0 Å². The van der Waals surface area contributed by atoms with Gasteiger partial charge in [0.05, 0.1) is 6.61 Å². The summed E-state index contributed by atoms with van der Waals surface area (Å²) in [4.78, 5) is 33.3. The van der Waals surface area contributed by atoms with E-state index in [-0.39, 0.29) is 18.2 Å². The molecular formula is C17H21N3O5. The maximum Gasteiger partial charge on any atom is 0.415 e. The SMILES string of the molecule is CCOC(=O)c1coc(-c2ccnc(N(C)C(=O)OC(C)(C)C)c2)n1. The monoisotopic (exact) mass is 347 g/mol. The zero-order valence-corrected chi connectivity index (χ0v) is 14.9. The van der Waals surface area contributed by atoms with Gasteiger partial charge in [-0.05, 0) is 39.8 Å². The number of amides is 1. The van der Waals surface area contributed by atoms with Gasteiger partial charge in [-0.2, -0.15) is 0 Å².